The predicted octanol–water partition coefficient (Wildman–Crippen LogP) is 3.88. The van der Waals surface area contributed by atoms with E-state index in [4.69, 9.17) is 9.47 Å². The normalized spacial score (nSPS) is 23.3. The molecule has 38 heavy (non-hydrogen) atoms. The van der Waals surface area contributed by atoms with Crippen LogP contribution in [-0.4, -0.2) is 55.1 Å². The number of rotatable bonds is 6. The highest BCUT2D eigenvalue weighted by Crippen LogP contribution is 2.48. The number of carbonyl (C=O) groups excluding carboxylic acids is 3. The quantitative estimate of drug-likeness (QED) is 0.446. The maximum atomic E-state index is 14.8. The first-order chi connectivity index (χ1) is 18.0. The predicted molar refractivity (Wildman–Crippen MR) is 121 cm³/mol. The average molecular weight is 538 g/mol. The second-order valence-electron chi connectivity index (χ2n) is 9.73. The van der Waals surface area contributed by atoms with Crippen LogP contribution < -0.4 is 5.32 Å². The smallest absolute Gasteiger partial charge is 0.419 e. The van der Waals surface area contributed by atoms with Gasteiger partial charge in [0, 0.05) is 23.1 Å². The standard InChI is InChI=1S/C26H23F5N2O5/c1-37-25(36)13-4-2-3-12(5-13)24(35)33-20-6-14(20)7-21(33)23(34)32-22(15-10-38-11-15)16-8-19(28)17(9-18(16)27)26(29,30)31/h2-5,8-9,14-15,20-22H,6-7,10-11H2,1H3,(H,32,34)/t14-,20-,21-,22-/m1/s1. The number of methoxy groups -OCH3 is 1. The fourth-order valence-corrected chi connectivity index (χ4v) is 5.19. The number of nitrogens with one attached hydrogen (secondary N) is 1. The van der Waals surface area contributed by atoms with Crippen molar-refractivity contribution in [1.29, 1.82) is 0 Å². The summed E-state index contributed by atoms with van der Waals surface area (Å²) in [5.74, 6) is -5.11. The fourth-order valence-electron chi connectivity index (χ4n) is 5.19. The molecule has 0 unspecified atom stereocenters. The number of piperidine rings is 1. The Morgan fingerprint density at radius 2 is 1.76 bits per heavy atom. The summed E-state index contributed by atoms with van der Waals surface area (Å²) in [6.45, 7) is 0.178. The van der Waals surface area contributed by atoms with Crippen molar-refractivity contribution in [2.45, 2.75) is 37.1 Å². The third-order valence-corrected chi connectivity index (χ3v) is 7.33. The minimum absolute atomic E-state index is 0.0816. The van der Waals surface area contributed by atoms with Crippen molar-refractivity contribution in [3.63, 3.8) is 0 Å². The van der Waals surface area contributed by atoms with Crippen LogP contribution in [0.3, 0.4) is 0 Å². The molecule has 7 nitrogen and oxygen atoms in total. The third kappa shape index (κ3) is 4.72. The maximum Gasteiger partial charge on any atom is 0.419 e. The Hall–Kier alpha value is -3.54. The van der Waals surface area contributed by atoms with Gasteiger partial charge in [-0.2, -0.15) is 13.2 Å². The van der Waals surface area contributed by atoms with Gasteiger partial charge in [0.15, 0.2) is 0 Å². The lowest BCUT2D eigenvalue weighted by Crippen LogP contribution is -2.51. The number of alkyl halides is 3. The highest BCUT2D eigenvalue weighted by Gasteiger charge is 2.56. The fraction of sp³-hybridized carbons (Fsp3) is 0.423. The molecule has 12 heteroatoms. The summed E-state index contributed by atoms with van der Waals surface area (Å²) in [6.07, 6.45) is -4.04. The zero-order chi connectivity index (χ0) is 27.4. The van der Waals surface area contributed by atoms with E-state index in [0.717, 1.165) is 0 Å². The van der Waals surface area contributed by atoms with E-state index in [9.17, 15) is 36.3 Å². The Morgan fingerprint density at radius 3 is 2.39 bits per heavy atom. The van der Waals surface area contributed by atoms with Gasteiger partial charge < -0.3 is 19.7 Å². The van der Waals surface area contributed by atoms with Gasteiger partial charge in [0.1, 0.15) is 17.7 Å². The molecule has 3 fully saturated rings. The zero-order valence-electron chi connectivity index (χ0n) is 20.1. The zero-order valence-corrected chi connectivity index (χ0v) is 20.1. The van der Waals surface area contributed by atoms with E-state index >= 15 is 0 Å². The summed E-state index contributed by atoms with van der Waals surface area (Å²) < 4.78 is 78.1. The van der Waals surface area contributed by atoms with Crippen LogP contribution in [0.1, 0.15) is 50.7 Å². The Bertz CT molecular complexity index is 1300. The lowest BCUT2D eigenvalue weighted by molar-refractivity contribution is -0.140. The molecule has 2 heterocycles. The van der Waals surface area contributed by atoms with E-state index in [2.05, 4.69) is 5.32 Å². The summed E-state index contributed by atoms with van der Waals surface area (Å²) in [4.78, 5) is 40.1. The Morgan fingerprint density at radius 1 is 1.05 bits per heavy atom. The highest BCUT2D eigenvalue weighted by molar-refractivity contribution is 6.01. The second kappa shape index (κ2) is 9.64. The van der Waals surface area contributed by atoms with Gasteiger partial charge in [-0.3, -0.25) is 9.59 Å². The molecule has 1 aliphatic carbocycles. The van der Waals surface area contributed by atoms with E-state index < -0.39 is 64.7 Å². The van der Waals surface area contributed by atoms with Crippen molar-refractivity contribution in [3.05, 3.63) is 70.3 Å². The van der Waals surface area contributed by atoms with Crippen LogP contribution in [0.15, 0.2) is 36.4 Å². The van der Waals surface area contributed by atoms with Crippen LogP contribution in [0.4, 0.5) is 22.0 Å². The first kappa shape index (κ1) is 26.1. The van der Waals surface area contributed by atoms with Gasteiger partial charge in [-0.15, -0.1) is 0 Å². The number of esters is 1. The van der Waals surface area contributed by atoms with Crippen molar-refractivity contribution < 1.29 is 45.8 Å². The van der Waals surface area contributed by atoms with Crippen molar-refractivity contribution in [2.75, 3.05) is 20.3 Å². The monoisotopic (exact) mass is 538 g/mol. The number of carbonyl (C=O) groups is 3. The van der Waals surface area contributed by atoms with Crippen molar-refractivity contribution >= 4 is 17.8 Å². The number of nitrogens with zero attached hydrogens (tertiary/aromatic N) is 1. The number of ether oxygens (including phenoxy) is 2. The van der Waals surface area contributed by atoms with Gasteiger partial charge in [-0.05, 0) is 49.1 Å². The van der Waals surface area contributed by atoms with Gasteiger partial charge >= 0.3 is 12.1 Å². The molecule has 2 saturated heterocycles. The number of benzene rings is 2. The van der Waals surface area contributed by atoms with Gasteiger partial charge in [-0.1, -0.05) is 6.07 Å². The van der Waals surface area contributed by atoms with Crippen LogP contribution in [0.25, 0.3) is 0 Å². The van der Waals surface area contributed by atoms with Crippen LogP contribution in [0.2, 0.25) is 0 Å². The summed E-state index contributed by atoms with van der Waals surface area (Å²) in [7, 11) is 1.21. The van der Waals surface area contributed by atoms with Crippen LogP contribution >= 0.6 is 0 Å². The molecule has 2 amide bonds. The molecule has 1 N–H and O–H groups in total. The number of amides is 2. The van der Waals surface area contributed by atoms with Gasteiger partial charge in [0.2, 0.25) is 5.91 Å². The van der Waals surface area contributed by atoms with Gasteiger partial charge in [0.25, 0.3) is 5.91 Å². The van der Waals surface area contributed by atoms with E-state index in [0.29, 0.717) is 18.9 Å². The largest absolute Gasteiger partial charge is 0.465 e. The number of likely N-dealkylation sites (tertiary alicyclic amines) is 1. The molecule has 2 aromatic rings. The lowest BCUT2D eigenvalue weighted by atomic mass is 9.89. The topological polar surface area (TPSA) is 84.9 Å². The summed E-state index contributed by atoms with van der Waals surface area (Å²) >= 11 is 0. The van der Waals surface area contributed by atoms with Crippen molar-refractivity contribution in [1.82, 2.24) is 10.2 Å². The van der Waals surface area contributed by atoms with Crippen LogP contribution in [0, 0.1) is 23.5 Å². The lowest BCUT2D eigenvalue weighted by Gasteiger charge is -2.36. The molecule has 0 spiro atoms. The maximum absolute atomic E-state index is 14.8. The number of fused-ring (bicyclic) bond motifs is 1. The molecular weight excluding hydrogens is 515 g/mol. The van der Waals surface area contributed by atoms with Crippen molar-refractivity contribution in [3.8, 4) is 0 Å². The van der Waals surface area contributed by atoms with Crippen LogP contribution in [0.5, 0.6) is 0 Å². The number of hydrogen-bond donors (Lipinski definition) is 1. The Kier molecular flexibility index (Phi) is 6.62. The van der Waals surface area contributed by atoms with Gasteiger partial charge in [0.05, 0.1) is 37.5 Å². The Balaban J connectivity index is 1.40. The Labute approximate surface area is 213 Å². The van der Waals surface area contributed by atoms with E-state index in [1.165, 1.54) is 36.3 Å². The molecule has 0 radical (unpaired) electrons. The minimum Gasteiger partial charge on any atom is -0.465 e. The first-order valence-corrected chi connectivity index (χ1v) is 11.9. The molecular formula is C26H23F5N2O5. The summed E-state index contributed by atoms with van der Waals surface area (Å²) in [5, 5.41) is 2.64. The SMILES string of the molecule is COC(=O)c1cccc(C(=O)N2[C@@H](C(=O)N[C@@H](c3cc(F)c(C(F)(F)F)cc3F)C3COC3)C[C@H]3C[C@H]32)c1. The van der Waals surface area contributed by atoms with E-state index in [1.807, 2.05) is 0 Å². The third-order valence-electron chi connectivity index (χ3n) is 7.33. The minimum atomic E-state index is -5.08. The van der Waals surface area contributed by atoms with Crippen LogP contribution in [-0.2, 0) is 20.4 Å². The number of halogens is 5. The van der Waals surface area contributed by atoms with E-state index in [-0.39, 0.29) is 42.4 Å². The summed E-state index contributed by atoms with van der Waals surface area (Å²) in [6, 6.07) is 4.13. The average Bonchev–Trinajstić information content (AvgIpc) is 3.51. The number of hydrogen-bond acceptors (Lipinski definition) is 5. The first-order valence-electron chi connectivity index (χ1n) is 11.9. The molecule has 2 aliphatic heterocycles. The molecule has 2 aromatic carbocycles. The van der Waals surface area contributed by atoms with Crippen molar-refractivity contribution in [2.24, 2.45) is 11.8 Å². The summed E-state index contributed by atoms with van der Waals surface area (Å²) in [5.41, 5.74) is -1.83. The highest BCUT2D eigenvalue weighted by atomic mass is 19.4. The molecule has 202 valence electrons. The molecule has 3 aliphatic rings. The van der Waals surface area contributed by atoms with E-state index in [1.54, 1.807) is 0 Å². The molecule has 4 atom stereocenters. The van der Waals surface area contributed by atoms with Gasteiger partial charge in [-0.25, -0.2) is 13.6 Å². The molecule has 1 saturated carbocycles. The molecule has 0 bridgehead atoms. The molecule has 5 rings (SSSR count). The molecule has 0 aromatic heterocycles. The second-order valence-corrected chi connectivity index (χ2v) is 9.73.